The number of benzene rings is 2. The molecule has 4 aromatic rings. The fourth-order valence-electron chi connectivity index (χ4n) is 12.4. The zero-order valence-electron chi connectivity index (χ0n) is 60.6. The van der Waals surface area contributed by atoms with Crippen molar-refractivity contribution >= 4 is 79.7 Å². The van der Waals surface area contributed by atoms with Crippen LogP contribution >= 0.6 is 22.7 Å². The van der Waals surface area contributed by atoms with E-state index in [2.05, 4.69) is 132 Å². The molecule has 2 aromatic heterocycles. The fourth-order valence-corrected chi connectivity index (χ4v) is 18.8. The van der Waals surface area contributed by atoms with Crippen molar-refractivity contribution in [3.05, 3.63) is 70.4 Å². The van der Waals surface area contributed by atoms with Crippen LogP contribution in [0.4, 0.5) is 0 Å². The Morgan fingerprint density at radius 3 is 1.27 bits per heavy atom. The summed E-state index contributed by atoms with van der Waals surface area (Å²) >= 11 is 3.48. The van der Waals surface area contributed by atoms with Crippen LogP contribution in [0.15, 0.2) is 60.7 Å². The lowest BCUT2D eigenvalue weighted by molar-refractivity contribution is -0.152. The number of hydrogen-bond donors (Lipinski definition) is 9. The van der Waals surface area contributed by atoms with Gasteiger partial charge in [0, 0.05) is 32.0 Å². The third kappa shape index (κ3) is 23.8. The van der Waals surface area contributed by atoms with Gasteiger partial charge in [-0.3, -0.25) is 9.59 Å². The molecule has 2 heterocycles. The predicted molar refractivity (Wildman–Crippen MR) is 392 cm³/mol. The molecule has 0 radical (unpaired) electrons. The van der Waals surface area contributed by atoms with Crippen molar-refractivity contribution in [1.82, 2.24) is 0 Å². The number of esters is 2. The number of rotatable bonds is 38. The lowest BCUT2D eigenvalue weighted by Gasteiger charge is -2.41. The first-order chi connectivity index (χ1) is 44.4. The lowest BCUT2D eigenvalue weighted by atomic mass is 9.84. The highest BCUT2D eigenvalue weighted by atomic mass is 32.1. The molecule has 542 valence electrons. The molecule has 2 fully saturated rings. The van der Waals surface area contributed by atoms with Crippen molar-refractivity contribution in [2.75, 3.05) is 52.9 Å². The summed E-state index contributed by atoms with van der Waals surface area (Å²) in [4.78, 5) is 26.7. The molecule has 21 heteroatoms. The minimum Gasteiger partial charge on any atom is -0.465 e. The Hall–Kier alpha value is -2.53. The number of thiophene rings is 2. The van der Waals surface area contributed by atoms with E-state index in [0.29, 0.717) is 43.9 Å². The zero-order valence-corrected chi connectivity index (χ0v) is 65.3. The second-order valence-corrected chi connectivity index (χ2v) is 49.2. The minimum absolute atomic E-state index is 0.00172. The molecular weight excluding hydrogens is 1290 g/mol. The van der Waals surface area contributed by atoms with Gasteiger partial charge < -0.3 is 68.7 Å². The molecule has 0 aliphatic heterocycles. The number of hydrogen-bond acceptors (Lipinski definition) is 18. The number of fused-ring (bicyclic) bond motifs is 2. The number of aliphatic hydroxyl groups excluding tert-OH is 9. The smallest absolute Gasteiger partial charge is 0.305 e. The van der Waals surface area contributed by atoms with Gasteiger partial charge in [0.2, 0.25) is 0 Å². The Morgan fingerprint density at radius 1 is 0.484 bits per heavy atom. The van der Waals surface area contributed by atoms with Gasteiger partial charge in [0.1, 0.15) is 13.2 Å². The normalized spacial score (nSPS) is 21.7. The van der Waals surface area contributed by atoms with Gasteiger partial charge in [0.05, 0.1) is 87.1 Å². The van der Waals surface area contributed by atoms with Crippen LogP contribution in [0.1, 0.15) is 200 Å². The van der Waals surface area contributed by atoms with Crippen molar-refractivity contribution in [2.24, 2.45) is 34.5 Å². The fraction of sp³-hybridized carbons (Fsp3) is 0.757. The van der Waals surface area contributed by atoms with Crippen molar-refractivity contribution in [2.45, 2.75) is 269 Å². The summed E-state index contributed by atoms with van der Waals surface area (Å²) in [6, 6.07) is 21.2. The van der Waals surface area contributed by atoms with Gasteiger partial charge in [-0.15, -0.1) is 22.7 Å². The number of ether oxygens (including phenoxy) is 2. The van der Waals surface area contributed by atoms with Crippen molar-refractivity contribution < 1.29 is 78.3 Å². The average molecular weight is 1420 g/mol. The van der Waals surface area contributed by atoms with E-state index in [0.717, 1.165) is 85.6 Å². The molecule has 16 nitrogen and oxygen atoms in total. The molecule has 0 unspecified atom stereocenters. The summed E-state index contributed by atoms with van der Waals surface area (Å²) in [6.07, 6.45) is 12.3. The highest BCUT2D eigenvalue weighted by Gasteiger charge is 2.52. The maximum Gasteiger partial charge on any atom is 0.305 e. The summed E-state index contributed by atoms with van der Waals surface area (Å²) in [7, 11) is -6.31. The first kappa shape index (κ1) is 83.1. The van der Waals surface area contributed by atoms with E-state index in [1.807, 2.05) is 41.7 Å². The Kier molecular flexibility index (Phi) is 32.3. The van der Waals surface area contributed by atoms with Crippen LogP contribution in [0.3, 0.4) is 0 Å². The second-order valence-electron chi connectivity index (χ2n) is 32.7. The van der Waals surface area contributed by atoms with Gasteiger partial charge in [0.25, 0.3) is 0 Å². The van der Waals surface area contributed by atoms with Gasteiger partial charge in [0.15, 0.2) is 25.0 Å². The van der Waals surface area contributed by atoms with Gasteiger partial charge in [-0.05, 0) is 177 Å². The Bertz CT molecular complexity index is 2820. The van der Waals surface area contributed by atoms with Gasteiger partial charge >= 0.3 is 11.9 Å². The van der Waals surface area contributed by atoms with Gasteiger partial charge in [-0.25, -0.2) is 0 Å². The molecule has 10 atom stereocenters. The molecular formula is C74H126O16S2Si3. The summed E-state index contributed by atoms with van der Waals surface area (Å²) in [5.74, 6) is -0.141. The molecule has 0 bridgehead atoms. The molecule has 0 spiro atoms. The van der Waals surface area contributed by atoms with Crippen LogP contribution < -0.4 is 0 Å². The molecule has 2 aromatic carbocycles. The van der Waals surface area contributed by atoms with Crippen molar-refractivity contribution in [1.29, 1.82) is 0 Å². The van der Waals surface area contributed by atoms with Gasteiger partial charge in [-0.1, -0.05) is 137 Å². The van der Waals surface area contributed by atoms with Crippen LogP contribution in [0, 0.1) is 34.5 Å². The van der Waals surface area contributed by atoms with Crippen molar-refractivity contribution in [3.8, 4) is 0 Å². The van der Waals surface area contributed by atoms with E-state index in [-0.39, 0.29) is 77.3 Å². The number of carbonyl (C=O) groups excluding carboxylic acids is 2. The van der Waals surface area contributed by atoms with E-state index in [9.17, 15) is 55.5 Å². The molecule has 95 heavy (non-hydrogen) atoms. The van der Waals surface area contributed by atoms with E-state index >= 15 is 0 Å². The van der Waals surface area contributed by atoms with E-state index in [1.165, 1.54) is 15.0 Å². The second kappa shape index (κ2) is 36.9. The first-order valence-electron chi connectivity index (χ1n) is 35.5. The maximum absolute atomic E-state index is 12.5. The molecule has 0 saturated heterocycles. The van der Waals surface area contributed by atoms with Crippen LogP contribution in [0.2, 0.25) is 54.4 Å². The highest BCUT2D eigenvalue weighted by Crippen LogP contribution is 2.51. The Balaban J connectivity index is 0.000000379. The first-order valence-corrected chi connectivity index (χ1v) is 45.8. The maximum atomic E-state index is 12.5. The summed E-state index contributed by atoms with van der Waals surface area (Å²) < 4.78 is 35.2. The van der Waals surface area contributed by atoms with Crippen LogP contribution in [0.5, 0.6) is 0 Å². The van der Waals surface area contributed by atoms with Crippen LogP contribution in [-0.2, 0) is 32.3 Å². The van der Waals surface area contributed by atoms with Crippen LogP contribution in [0.25, 0.3) is 20.2 Å². The number of carbonyl (C=O) groups is 2. The topological polar surface area (TPSA) is 262 Å². The largest absolute Gasteiger partial charge is 0.465 e. The summed E-state index contributed by atoms with van der Waals surface area (Å²) in [5.41, 5.74) is -2.43. The van der Waals surface area contributed by atoms with Gasteiger partial charge in [-0.2, -0.15) is 0 Å². The minimum atomic E-state index is -2.11. The Labute approximate surface area is 581 Å². The monoisotopic (exact) mass is 1420 g/mol. The molecule has 6 rings (SSSR count). The van der Waals surface area contributed by atoms with E-state index < -0.39 is 99.7 Å². The third-order valence-corrected chi connectivity index (χ3v) is 38.2. The number of unbranched alkanes of at least 4 members (excludes halogenated alkanes) is 6. The lowest BCUT2D eigenvalue weighted by Crippen LogP contribution is -2.45. The predicted octanol–water partition coefficient (Wildman–Crippen LogP) is 14.9. The SMILES string of the molecule is CC(C)(C)[Si](C)(C)O[C@H]1C[C@@H](O[Si](C)(C)C(C)(C)C)[C@H](CC[C@@H](O[Si](C)(C)C(C)(C)C)c2cc3ccccc3s2)[C@H]1CCCCCCC(=O)OCC(CO)(CO)CO.O=C(CCCCCC[C@@H]1[C@@H](CC[C@@H](O)c2cc3ccccc3s2)[C@H](O)C[C@@H]1O)OCC(CO)(CO)CO. The van der Waals surface area contributed by atoms with Crippen LogP contribution in [-0.4, -0.2) is 160 Å². The molecule has 2 aliphatic rings. The number of aliphatic hydroxyl groups is 9. The van der Waals surface area contributed by atoms with E-state index in [1.54, 1.807) is 11.3 Å². The Morgan fingerprint density at radius 2 is 0.853 bits per heavy atom. The summed E-state index contributed by atoms with van der Waals surface area (Å²) in [5, 5.41) is 91.1. The third-order valence-electron chi connectivity index (χ3n) is 22.2. The zero-order chi connectivity index (χ0) is 70.8. The summed E-state index contributed by atoms with van der Waals surface area (Å²) in [6.45, 7) is 32.1. The molecule has 2 aliphatic carbocycles. The highest BCUT2D eigenvalue weighted by molar-refractivity contribution is 7.19. The molecule has 2 saturated carbocycles. The van der Waals surface area contributed by atoms with Crippen molar-refractivity contribution in [3.63, 3.8) is 0 Å². The van der Waals surface area contributed by atoms with E-state index in [4.69, 9.17) is 22.8 Å². The molecule has 9 N–H and O–H groups in total. The molecule has 0 amide bonds. The average Bonchev–Trinajstić information content (AvgIpc) is 1.66. The quantitative estimate of drug-likeness (QED) is 0.0115. The standard InChI is InChI=1S/C46H84O8SSi3.C28H42O8S/c1-43(2,3)56(10,11)52-37(41-28-34-22-20-21-24-40(34)55-41)27-26-36-35(23-18-16-17-19-25-42(50)51-33-46(30-47,31-48)32-49)38(53-57(12,13)44(4,5)6)29-39(36)54-58(14,15)45(7,8)9;29-15-28(16-30,17-31)18-36-27(35)10-4-2-1-3-8-20-21(24(34)14-23(20)33)11-12-22(32)26-13-19-7-5-6-9-25(19)37-26/h20-22,24,28,35-39,47-49H,16-19,23,25-27,29-33H2,1-15H3;5-7,9,13,20-24,29-34H,1-4,8,10-12,14-18H2/t35-,36-,37-,38+,39-;20-,21-,22-,23+,24-/m11/s1.